The lowest BCUT2D eigenvalue weighted by molar-refractivity contribution is 0.0259. The highest BCUT2D eigenvalue weighted by Gasteiger charge is 2.16. The second kappa shape index (κ2) is 6.89. The molecule has 2 N–H and O–H groups in total. The Labute approximate surface area is 125 Å². The minimum atomic E-state index is -0.105. The summed E-state index contributed by atoms with van der Waals surface area (Å²) in [5.41, 5.74) is 9.48. The van der Waals surface area contributed by atoms with E-state index in [1.165, 1.54) is 5.56 Å². The molecule has 106 valence electrons. The zero-order valence-electron chi connectivity index (χ0n) is 11.8. The van der Waals surface area contributed by atoms with E-state index in [4.69, 9.17) is 22.1 Å². The van der Waals surface area contributed by atoms with Crippen LogP contribution in [0.1, 0.15) is 29.7 Å². The minimum absolute atomic E-state index is 0.0648. The van der Waals surface area contributed by atoms with Crippen LogP contribution in [0.3, 0.4) is 0 Å². The van der Waals surface area contributed by atoms with E-state index in [1.807, 2.05) is 31.2 Å². The maximum Gasteiger partial charge on any atom is 0.0977 e. The van der Waals surface area contributed by atoms with Crippen LogP contribution in [0.2, 0.25) is 5.02 Å². The fraction of sp³-hybridized carbons (Fsp3) is 0.294. The summed E-state index contributed by atoms with van der Waals surface area (Å²) < 4.78 is 5.99. The molecule has 0 saturated carbocycles. The van der Waals surface area contributed by atoms with Crippen molar-refractivity contribution in [1.29, 1.82) is 0 Å². The van der Waals surface area contributed by atoms with Gasteiger partial charge in [0.15, 0.2) is 0 Å². The summed E-state index contributed by atoms with van der Waals surface area (Å²) in [6.07, 6.45) is -0.105. The number of nitrogens with two attached hydrogens (primary N) is 1. The molecule has 2 nitrogen and oxygen atoms in total. The Morgan fingerprint density at radius 2 is 1.65 bits per heavy atom. The van der Waals surface area contributed by atoms with Gasteiger partial charge in [0, 0.05) is 11.1 Å². The topological polar surface area (TPSA) is 35.2 Å². The van der Waals surface area contributed by atoms with Crippen molar-refractivity contribution in [1.82, 2.24) is 0 Å². The van der Waals surface area contributed by atoms with Gasteiger partial charge in [0.1, 0.15) is 0 Å². The average Bonchev–Trinajstić information content (AvgIpc) is 2.43. The van der Waals surface area contributed by atoms with E-state index in [9.17, 15) is 0 Å². The van der Waals surface area contributed by atoms with Crippen LogP contribution in [0.4, 0.5) is 0 Å². The number of hydrogen-bond acceptors (Lipinski definition) is 2. The first-order valence-corrected chi connectivity index (χ1v) is 7.12. The molecule has 0 aliphatic rings. The van der Waals surface area contributed by atoms with Gasteiger partial charge in [-0.1, -0.05) is 53.6 Å². The van der Waals surface area contributed by atoms with Crippen molar-refractivity contribution in [2.24, 2.45) is 5.73 Å². The Bertz CT molecular complexity index is 534. The van der Waals surface area contributed by atoms with Crippen molar-refractivity contribution in [3.8, 4) is 0 Å². The first-order chi connectivity index (χ1) is 9.56. The maximum atomic E-state index is 6.05. The van der Waals surface area contributed by atoms with Gasteiger partial charge in [0.2, 0.25) is 0 Å². The van der Waals surface area contributed by atoms with Crippen LogP contribution in [-0.4, -0.2) is 6.04 Å². The predicted molar refractivity (Wildman–Crippen MR) is 83.8 cm³/mol. The third kappa shape index (κ3) is 4.07. The van der Waals surface area contributed by atoms with Crippen molar-refractivity contribution < 1.29 is 4.74 Å². The maximum absolute atomic E-state index is 6.05. The summed E-state index contributed by atoms with van der Waals surface area (Å²) in [6, 6.07) is 15.9. The Kier molecular flexibility index (Phi) is 5.18. The van der Waals surface area contributed by atoms with Crippen LogP contribution in [0.25, 0.3) is 0 Å². The lowest BCUT2D eigenvalue weighted by Gasteiger charge is -2.22. The molecule has 0 aliphatic carbocycles. The minimum Gasteiger partial charge on any atom is -0.367 e. The van der Waals surface area contributed by atoms with E-state index in [0.29, 0.717) is 6.61 Å². The van der Waals surface area contributed by atoms with Crippen molar-refractivity contribution in [2.45, 2.75) is 32.6 Å². The van der Waals surface area contributed by atoms with Crippen LogP contribution in [0, 0.1) is 6.92 Å². The van der Waals surface area contributed by atoms with E-state index in [0.717, 1.165) is 16.1 Å². The van der Waals surface area contributed by atoms with E-state index in [1.54, 1.807) is 0 Å². The molecule has 0 fully saturated rings. The SMILES string of the molecule is Cc1ccc(C(OCc2ccc(Cl)cc2)C(C)N)cc1. The van der Waals surface area contributed by atoms with Crippen molar-refractivity contribution >= 4 is 11.6 Å². The Morgan fingerprint density at radius 3 is 2.20 bits per heavy atom. The van der Waals surface area contributed by atoms with Gasteiger partial charge in [0.25, 0.3) is 0 Å². The number of aryl methyl sites for hydroxylation is 1. The van der Waals surface area contributed by atoms with Gasteiger partial charge in [-0.2, -0.15) is 0 Å². The molecule has 2 atom stereocenters. The Morgan fingerprint density at radius 1 is 1.05 bits per heavy atom. The van der Waals surface area contributed by atoms with Gasteiger partial charge in [0.05, 0.1) is 12.7 Å². The van der Waals surface area contributed by atoms with Gasteiger partial charge in [-0.3, -0.25) is 0 Å². The number of ether oxygens (including phenoxy) is 1. The van der Waals surface area contributed by atoms with E-state index >= 15 is 0 Å². The van der Waals surface area contributed by atoms with Gasteiger partial charge >= 0.3 is 0 Å². The predicted octanol–water partition coefficient (Wildman–Crippen LogP) is 4.25. The van der Waals surface area contributed by atoms with Crippen LogP contribution in [-0.2, 0) is 11.3 Å². The summed E-state index contributed by atoms with van der Waals surface area (Å²) >= 11 is 5.87. The highest BCUT2D eigenvalue weighted by Crippen LogP contribution is 2.22. The first kappa shape index (κ1) is 15.0. The average molecular weight is 290 g/mol. The molecule has 2 unspecified atom stereocenters. The van der Waals surface area contributed by atoms with Crippen LogP contribution >= 0.6 is 11.6 Å². The van der Waals surface area contributed by atoms with Crippen molar-refractivity contribution in [2.75, 3.05) is 0 Å². The number of rotatable bonds is 5. The highest BCUT2D eigenvalue weighted by molar-refractivity contribution is 6.30. The van der Waals surface area contributed by atoms with Crippen LogP contribution in [0.15, 0.2) is 48.5 Å². The lowest BCUT2D eigenvalue weighted by atomic mass is 10.0. The van der Waals surface area contributed by atoms with Gasteiger partial charge < -0.3 is 10.5 Å². The van der Waals surface area contributed by atoms with Crippen molar-refractivity contribution in [3.63, 3.8) is 0 Å². The second-order valence-corrected chi connectivity index (χ2v) is 5.56. The molecule has 3 heteroatoms. The van der Waals surface area contributed by atoms with Crippen molar-refractivity contribution in [3.05, 3.63) is 70.2 Å². The molecule has 0 saturated heterocycles. The lowest BCUT2D eigenvalue weighted by Crippen LogP contribution is -2.26. The highest BCUT2D eigenvalue weighted by atomic mass is 35.5. The second-order valence-electron chi connectivity index (χ2n) is 5.13. The standard InChI is InChI=1S/C17H20ClNO/c1-12-3-7-15(8-4-12)17(13(2)19)20-11-14-5-9-16(18)10-6-14/h3-10,13,17H,11,19H2,1-2H3. The molecular weight excluding hydrogens is 270 g/mol. The summed E-state index contributed by atoms with van der Waals surface area (Å²) in [7, 11) is 0. The van der Waals surface area contributed by atoms with Crippen LogP contribution in [0.5, 0.6) is 0 Å². The van der Waals surface area contributed by atoms with Gasteiger partial charge in [-0.05, 0) is 37.1 Å². The Hall–Kier alpha value is -1.35. The quantitative estimate of drug-likeness (QED) is 0.893. The van der Waals surface area contributed by atoms with Crippen LogP contribution < -0.4 is 5.73 Å². The molecule has 0 aliphatic heterocycles. The monoisotopic (exact) mass is 289 g/mol. The van der Waals surface area contributed by atoms with E-state index < -0.39 is 0 Å². The molecule has 0 amide bonds. The first-order valence-electron chi connectivity index (χ1n) is 6.74. The fourth-order valence-corrected chi connectivity index (χ4v) is 2.20. The largest absolute Gasteiger partial charge is 0.367 e. The molecule has 0 bridgehead atoms. The molecule has 0 heterocycles. The molecule has 0 spiro atoms. The van der Waals surface area contributed by atoms with Gasteiger partial charge in [-0.25, -0.2) is 0 Å². The number of halogens is 1. The fourth-order valence-electron chi connectivity index (χ4n) is 2.07. The smallest absolute Gasteiger partial charge is 0.0977 e. The molecule has 0 aromatic heterocycles. The van der Waals surface area contributed by atoms with Gasteiger partial charge in [-0.15, -0.1) is 0 Å². The Balaban J connectivity index is 2.06. The van der Waals surface area contributed by atoms with E-state index in [2.05, 4.69) is 31.2 Å². The molecule has 2 aromatic carbocycles. The molecular formula is C17H20ClNO. The molecule has 0 radical (unpaired) electrons. The normalized spacial score (nSPS) is 14.0. The molecule has 2 rings (SSSR count). The zero-order chi connectivity index (χ0) is 14.5. The zero-order valence-corrected chi connectivity index (χ0v) is 12.6. The summed E-state index contributed by atoms with van der Waals surface area (Å²) in [5.74, 6) is 0. The third-order valence-electron chi connectivity index (χ3n) is 3.23. The summed E-state index contributed by atoms with van der Waals surface area (Å²) in [4.78, 5) is 0. The third-order valence-corrected chi connectivity index (χ3v) is 3.48. The summed E-state index contributed by atoms with van der Waals surface area (Å²) in [5, 5.41) is 0.732. The number of benzene rings is 2. The summed E-state index contributed by atoms with van der Waals surface area (Å²) in [6.45, 7) is 4.56. The molecule has 20 heavy (non-hydrogen) atoms. The van der Waals surface area contributed by atoms with E-state index in [-0.39, 0.29) is 12.1 Å². The molecule has 2 aromatic rings. The number of hydrogen-bond donors (Lipinski definition) is 1.